The van der Waals surface area contributed by atoms with E-state index in [1.807, 2.05) is 6.92 Å². The molecule has 2 N–H and O–H groups in total. The minimum Gasteiger partial charge on any atom is -0.480 e. The Hall–Kier alpha value is -1.36. The highest BCUT2D eigenvalue weighted by molar-refractivity contribution is 7.12. The van der Waals surface area contributed by atoms with Crippen LogP contribution in [-0.2, 0) is 4.79 Å². The Bertz CT molecular complexity index is 334. The van der Waals surface area contributed by atoms with Crippen molar-refractivity contribution in [3.05, 3.63) is 22.4 Å². The van der Waals surface area contributed by atoms with Gasteiger partial charge in [-0.25, -0.2) is 4.79 Å². The van der Waals surface area contributed by atoms with E-state index in [0.717, 1.165) is 6.42 Å². The van der Waals surface area contributed by atoms with E-state index in [1.54, 1.807) is 17.5 Å². The van der Waals surface area contributed by atoms with Gasteiger partial charge in [0.25, 0.3) is 5.91 Å². The lowest BCUT2D eigenvalue weighted by atomic mass is 10.1. The molecule has 0 saturated carbocycles. The van der Waals surface area contributed by atoms with Crippen LogP contribution in [0.15, 0.2) is 17.5 Å². The third-order valence-electron chi connectivity index (χ3n) is 1.93. The van der Waals surface area contributed by atoms with Gasteiger partial charge in [-0.15, -0.1) is 11.3 Å². The number of aliphatic carboxylic acids is 1. The van der Waals surface area contributed by atoms with Gasteiger partial charge in [0, 0.05) is 0 Å². The number of nitrogens with one attached hydrogen (secondary N) is 1. The fraction of sp³-hybridized carbons (Fsp3) is 0.400. The number of carbonyl (C=O) groups excluding carboxylic acids is 1. The smallest absolute Gasteiger partial charge is 0.326 e. The number of carboxylic acid groups (broad SMARTS) is 1. The first kappa shape index (κ1) is 11.7. The van der Waals surface area contributed by atoms with E-state index in [4.69, 9.17) is 5.11 Å². The Labute approximate surface area is 91.9 Å². The highest BCUT2D eigenvalue weighted by Crippen LogP contribution is 2.09. The number of carboxylic acids is 1. The Morgan fingerprint density at radius 1 is 1.60 bits per heavy atom. The molecule has 82 valence electrons. The molecule has 1 heterocycles. The largest absolute Gasteiger partial charge is 0.480 e. The number of amides is 1. The van der Waals surface area contributed by atoms with Crippen molar-refractivity contribution >= 4 is 23.2 Å². The van der Waals surface area contributed by atoms with Crippen molar-refractivity contribution in [2.75, 3.05) is 0 Å². The normalized spacial score (nSPS) is 12.1. The van der Waals surface area contributed by atoms with Crippen molar-refractivity contribution in [2.45, 2.75) is 25.8 Å². The van der Waals surface area contributed by atoms with Gasteiger partial charge >= 0.3 is 5.97 Å². The van der Waals surface area contributed by atoms with E-state index in [1.165, 1.54) is 11.3 Å². The van der Waals surface area contributed by atoms with E-state index in [2.05, 4.69) is 5.32 Å². The standard InChI is InChI=1S/C10H13NO3S/c1-2-4-7(10(13)14)11-9(12)8-5-3-6-15-8/h3,5-7H,2,4H2,1H3,(H,11,12)(H,13,14)/t7-/m0/s1. The van der Waals surface area contributed by atoms with Crippen molar-refractivity contribution in [1.29, 1.82) is 0 Å². The van der Waals surface area contributed by atoms with Gasteiger partial charge < -0.3 is 10.4 Å². The van der Waals surface area contributed by atoms with E-state index in [0.29, 0.717) is 11.3 Å². The average molecular weight is 227 g/mol. The molecule has 0 unspecified atom stereocenters. The summed E-state index contributed by atoms with van der Waals surface area (Å²) in [6.07, 6.45) is 1.17. The van der Waals surface area contributed by atoms with Crippen LogP contribution in [0.1, 0.15) is 29.4 Å². The van der Waals surface area contributed by atoms with Crippen LogP contribution in [0.25, 0.3) is 0 Å². The van der Waals surface area contributed by atoms with Crippen LogP contribution in [0.4, 0.5) is 0 Å². The van der Waals surface area contributed by atoms with Gasteiger partial charge in [-0.1, -0.05) is 19.4 Å². The molecular weight excluding hydrogens is 214 g/mol. The van der Waals surface area contributed by atoms with Crippen molar-refractivity contribution in [3.63, 3.8) is 0 Å². The van der Waals surface area contributed by atoms with Crippen LogP contribution < -0.4 is 5.32 Å². The maximum absolute atomic E-state index is 11.5. The quantitative estimate of drug-likeness (QED) is 0.805. The second kappa shape index (κ2) is 5.50. The number of hydrogen-bond acceptors (Lipinski definition) is 3. The van der Waals surface area contributed by atoms with Crippen LogP contribution in [0, 0.1) is 0 Å². The van der Waals surface area contributed by atoms with Crippen LogP contribution in [0.3, 0.4) is 0 Å². The van der Waals surface area contributed by atoms with Crippen LogP contribution in [-0.4, -0.2) is 23.0 Å². The summed E-state index contributed by atoms with van der Waals surface area (Å²) in [6.45, 7) is 1.88. The molecule has 1 aromatic heterocycles. The highest BCUT2D eigenvalue weighted by Gasteiger charge is 2.19. The molecule has 0 saturated heterocycles. The predicted molar refractivity (Wildman–Crippen MR) is 58.1 cm³/mol. The van der Waals surface area contributed by atoms with Gasteiger partial charge in [-0.05, 0) is 17.9 Å². The summed E-state index contributed by atoms with van der Waals surface area (Å²) in [5.74, 6) is -1.30. The average Bonchev–Trinajstić information content (AvgIpc) is 2.69. The predicted octanol–water partition coefficient (Wildman–Crippen LogP) is 1.73. The summed E-state index contributed by atoms with van der Waals surface area (Å²) >= 11 is 1.30. The van der Waals surface area contributed by atoms with Gasteiger partial charge in [0.1, 0.15) is 6.04 Å². The fourth-order valence-electron chi connectivity index (χ4n) is 1.18. The van der Waals surface area contributed by atoms with Crippen molar-refractivity contribution < 1.29 is 14.7 Å². The Morgan fingerprint density at radius 2 is 2.33 bits per heavy atom. The van der Waals surface area contributed by atoms with Crippen molar-refractivity contribution in [1.82, 2.24) is 5.32 Å². The molecule has 0 aliphatic heterocycles. The number of rotatable bonds is 5. The van der Waals surface area contributed by atoms with Gasteiger partial charge in [-0.2, -0.15) is 0 Å². The summed E-state index contributed by atoms with van der Waals surface area (Å²) in [7, 11) is 0. The Balaban J connectivity index is 2.59. The molecule has 0 aliphatic carbocycles. The van der Waals surface area contributed by atoms with E-state index in [9.17, 15) is 9.59 Å². The molecule has 15 heavy (non-hydrogen) atoms. The summed E-state index contributed by atoms with van der Waals surface area (Å²) in [5, 5.41) is 13.1. The van der Waals surface area contributed by atoms with E-state index in [-0.39, 0.29) is 5.91 Å². The summed E-state index contributed by atoms with van der Waals surface area (Å²) in [5.41, 5.74) is 0. The van der Waals surface area contributed by atoms with Gasteiger partial charge in [0.15, 0.2) is 0 Å². The molecule has 1 atom stereocenters. The zero-order chi connectivity index (χ0) is 11.3. The topological polar surface area (TPSA) is 66.4 Å². The molecule has 0 spiro atoms. The molecule has 0 bridgehead atoms. The summed E-state index contributed by atoms with van der Waals surface area (Å²) < 4.78 is 0. The van der Waals surface area contributed by atoms with Gasteiger partial charge in [0.2, 0.25) is 0 Å². The zero-order valence-electron chi connectivity index (χ0n) is 8.40. The van der Waals surface area contributed by atoms with E-state index >= 15 is 0 Å². The molecule has 1 aromatic rings. The van der Waals surface area contributed by atoms with Crippen LogP contribution >= 0.6 is 11.3 Å². The first-order chi connectivity index (χ1) is 7.15. The molecule has 1 rings (SSSR count). The van der Waals surface area contributed by atoms with E-state index < -0.39 is 12.0 Å². The molecule has 4 nitrogen and oxygen atoms in total. The second-order valence-electron chi connectivity index (χ2n) is 3.13. The molecule has 0 aliphatic rings. The maximum atomic E-state index is 11.5. The lowest BCUT2D eigenvalue weighted by molar-refractivity contribution is -0.139. The third kappa shape index (κ3) is 3.36. The summed E-state index contributed by atoms with van der Waals surface area (Å²) in [4.78, 5) is 22.9. The van der Waals surface area contributed by atoms with Crippen LogP contribution in [0.2, 0.25) is 0 Å². The lowest BCUT2D eigenvalue weighted by Crippen LogP contribution is -2.40. The molecule has 0 aromatic carbocycles. The Morgan fingerprint density at radius 3 is 2.80 bits per heavy atom. The van der Waals surface area contributed by atoms with Gasteiger partial charge in [0.05, 0.1) is 4.88 Å². The first-order valence-electron chi connectivity index (χ1n) is 4.72. The molecule has 0 fully saturated rings. The summed E-state index contributed by atoms with van der Waals surface area (Å²) in [6, 6.07) is 2.64. The minimum absolute atomic E-state index is 0.314. The number of thiophene rings is 1. The number of hydrogen-bond donors (Lipinski definition) is 2. The Kier molecular flexibility index (Phi) is 4.30. The van der Waals surface area contributed by atoms with Crippen LogP contribution in [0.5, 0.6) is 0 Å². The maximum Gasteiger partial charge on any atom is 0.326 e. The monoisotopic (exact) mass is 227 g/mol. The highest BCUT2D eigenvalue weighted by atomic mass is 32.1. The second-order valence-corrected chi connectivity index (χ2v) is 4.08. The van der Waals surface area contributed by atoms with Crippen molar-refractivity contribution in [2.24, 2.45) is 0 Å². The number of carbonyl (C=O) groups is 2. The van der Waals surface area contributed by atoms with Crippen molar-refractivity contribution in [3.8, 4) is 0 Å². The first-order valence-corrected chi connectivity index (χ1v) is 5.60. The van der Waals surface area contributed by atoms with Gasteiger partial charge in [-0.3, -0.25) is 4.79 Å². The third-order valence-corrected chi connectivity index (χ3v) is 2.79. The fourth-order valence-corrected chi connectivity index (χ4v) is 1.81. The molecule has 0 radical (unpaired) electrons. The zero-order valence-corrected chi connectivity index (χ0v) is 9.21. The molecular formula is C10H13NO3S. The molecule has 1 amide bonds. The minimum atomic E-state index is -0.984. The lowest BCUT2D eigenvalue weighted by Gasteiger charge is -2.12. The molecule has 5 heteroatoms. The SMILES string of the molecule is CCC[C@H](NC(=O)c1cccs1)C(=O)O.